The van der Waals surface area contributed by atoms with Crippen LogP contribution in [0.2, 0.25) is 0 Å². The molecule has 0 bridgehead atoms. The molecule has 0 unspecified atom stereocenters. The fourth-order valence-electron chi connectivity index (χ4n) is 8.63. The van der Waals surface area contributed by atoms with E-state index in [1.165, 1.54) is 33.0 Å². The van der Waals surface area contributed by atoms with Crippen molar-refractivity contribution in [3.8, 4) is 22.6 Å². The number of para-hydroxylation sites is 3. The third-order valence-electron chi connectivity index (χ3n) is 10.7. The van der Waals surface area contributed by atoms with Crippen molar-refractivity contribution in [2.75, 3.05) is 4.90 Å². The zero-order valence-electron chi connectivity index (χ0n) is 27.0. The lowest BCUT2D eigenvalue weighted by Gasteiger charge is -2.41. The molecule has 2 heterocycles. The van der Waals surface area contributed by atoms with Gasteiger partial charge in [-0.25, -0.2) is 0 Å². The maximum absolute atomic E-state index is 7.06. The molecular weight excluding hydrogens is 611 g/mol. The number of benzene rings is 8. The molecule has 2 aliphatic rings. The highest BCUT2D eigenvalue weighted by Crippen LogP contribution is 2.63. The Bertz CT molecular complexity index is 2770. The van der Waals surface area contributed by atoms with Crippen LogP contribution in [0.3, 0.4) is 0 Å². The molecule has 0 amide bonds. The first kappa shape index (κ1) is 27.4. The Morgan fingerprint density at radius 1 is 0.420 bits per heavy atom. The largest absolute Gasteiger partial charge is 0.456 e. The fraction of sp³-hybridized carbons (Fsp3) is 0.0213. The van der Waals surface area contributed by atoms with Gasteiger partial charge < -0.3 is 14.1 Å². The molecule has 1 aromatic heterocycles. The fourth-order valence-corrected chi connectivity index (χ4v) is 8.63. The molecule has 50 heavy (non-hydrogen) atoms. The highest BCUT2D eigenvalue weighted by molar-refractivity contribution is 6.11. The van der Waals surface area contributed by atoms with Crippen LogP contribution in [-0.4, -0.2) is 0 Å². The number of furan rings is 1. The van der Waals surface area contributed by atoms with Crippen molar-refractivity contribution < 1.29 is 9.15 Å². The minimum atomic E-state index is -0.541. The zero-order chi connectivity index (χ0) is 32.8. The Morgan fingerprint density at radius 3 is 1.82 bits per heavy atom. The summed E-state index contributed by atoms with van der Waals surface area (Å²) in [6.07, 6.45) is 0. The molecule has 1 aliphatic carbocycles. The van der Waals surface area contributed by atoms with E-state index in [4.69, 9.17) is 9.15 Å². The van der Waals surface area contributed by atoms with Gasteiger partial charge in [0, 0.05) is 33.7 Å². The Hall–Kier alpha value is -6.58. The topological polar surface area (TPSA) is 25.6 Å². The summed E-state index contributed by atoms with van der Waals surface area (Å²) in [5, 5.41) is 4.59. The maximum atomic E-state index is 7.06. The summed E-state index contributed by atoms with van der Waals surface area (Å²) in [7, 11) is 0. The van der Waals surface area contributed by atoms with E-state index in [1.807, 2.05) is 0 Å². The molecule has 0 saturated carbocycles. The van der Waals surface area contributed by atoms with E-state index in [-0.39, 0.29) is 0 Å². The summed E-state index contributed by atoms with van der Waals surface area (Å²) in [6.45, 7) is 0. The van der Waals surface area contributed by atoms with E-state index >= 15 is 0 Å². The molecule has 0 N–H and O–H groups in total. The monoisotopic (exact) mass is 639 g/mol. The summed E-state index contributed by atoms with van der Waals surface area (Å²) in [6, 6.07) is 62.8. The lowest BCUT2D eigenvalue weighted by atomic mass is 9.66. The standard InChI is InChI=1S/C47H29NO2/c1-2-15-32(16-3-1)48(33-25-26-36-37-27-30-13-4-5-14-31(30)28-44(37)49-45(36)29-33)42-23-12-22-41-46(42)50-43-24-11-10-21-40(43)47(41)38-19-8-6-17-34(38)35-18-7-9-20-39(35)47/h1-29H. The number of hydrogen-bond donors (Lipinski definition) is 0. The van der Waals surface area contributed by atoms with E-state index in [0.717, 1.165) is 61.6 Å². The second-order valence-electron chi connectivity index (χ2n) is 13.2. The van der Waals surface area contributed by atoms with E-state index in [0.29, 0.717) is 0 Å². The van der Waals surface area contributed by atoms with Crippen molar-refractivity contribution in [3.05, 3.63) is 198 Å². The quantitative estimate of drug-likeness (QED) is 0.192. The van der Waals surface area contributed by atoms with Crippen molar-refractivity contribution in [1.82, 2.24) is 0 Å². The van der Waals surface area contributed by atoms with E-state index < -0.39 is 5.41 Å². The minimum Gasteiger partial charge on any atom is -0.456 e. The van der Waals surface area contributed by atoms with Gasteiger partial charge in [0.15, 0.2) is 5.75 Å². The Balaban J connectivity index is 1.18. The number of nitrogens with zero attached hydrogens (tertiary/aromatic N) is 1. The average Bonchev–Trinajstić information content (AvgIpc) is 3.67. The van der Waals surface area contributed by atoms with Crippen LogP contribution in [0.1, 0.15) is 22.3 Å². The van der Waals surface area contributed by atoms with Gasteiger partial charge >= 0.3 is 0 Å². The van der Waals surface area contributed by atoms with Crippen molar-refractivity contribution >= 4 is 49.8 Å². The normalized spacial score (nSPS) is 13.5. The summed E-state index contributed by atoms with van der Waals surface area (Å²) < 4.78 is 13.6. The third-order valence-corrected chi connectivity index (χ3v) is 10.7. The van der Waals surface area contributed by atoms with Gasteiger partial charge in [-0.05, 0) is 81.6 Å². The van der Waals surface area contributed by atoms with Crippen molar-refractivity contribution in [2.45, 2.75) is 5.41 Å². The van der Waals surface area contributed by atoms with Crippen LogP contribution in [0.15, 0.2) is 180 Å². The molecule has 8 aromatic carbocycles. The zero-order valence-corrected chi connectivity index (χ0v) is 27.0. The van der Waals surface area contributed by atoms with Crippen LogP contribution in [0.4, 0.5) is 17.1 Å². The van der Waals surface area contributed by atoms with Crippen LogP contribution in [-0.2, 0) is 5.41 Å². The van der Waals surface area contributed by atoms with Crippen molar-refractivity contribution in [2.24, 2.45) is 0 Å². The molecule has 1 aliphatic heterocycles. The van der Waals surface area contributed by atoms with Crippen LogP contribution < -0.4 is 9.64 Å². The van der Waals surface area contributed by atoms with Gasteiger partial charge in [0.2, 0.25) is 0 Å². The predicted molar refractivity (Wildman–Crippen MR) is 203 cm³/mol. The maximum Gasteiger partial charge on any atom is 0.156 e. The van der Waals surface area contributed by atoms with Crippen LogP contribution in [0.5, 0.6) is 11.5 Å². The molecule has 0 radical (unpaired) electrons. The molecular formula is C47H29NO2. The number of rotatable bonds is 3. The molecule has 234 valence electrons. The Kier molecular flexibility index (Phi) is 5.59. The molecule has 1 spiro atoms. The number of hydrogen-bond acceptors (Lipinski definition) is 3. The van der Waals surface area contributed by atoms with Gasteiger partial charge in [-0.1, -0.05) is 121 Å². The molecule has 0 atom stereocenters. The second kappa shape index (κ2) is 10.2. The Labute approximate surface area is 289 Å². The summed E-state index contributed by atoms with van der Waals surface area (Å²) in [5.41, 5.74) is 11.5. The predicted octanol–water partition coefficient (Wildman–Crippen LogP) is 12.7. The lowest BCUT2D eigenvalue weighted by Crippen LogP contribution is -2.32. The highest BCUT2D eigenvalue weighted by atomic mass is 16.5. The first-order valence-corrected chi connectivity index (χ1v) is 17.1. The second-order valence-corrected chi connectivity index (χ2v) is 13.2. The summed E-state index contributed by atoms with van der Waals surface area (Å²) in [4.78, 5) is 2.30. The van der Waals surface area contributed by atoms with Crippen molar-refractivity contribution in [3.63, 3.8) is 0 Å². The molecule has 9 aromatic rings. The first-order chi connectivity index (χ1) is 24.8. The van der Waals surface area contributed by atoms with Gasteiger partial charge in [-0.3, -0.25) is 0 Å². The minimum absolute atomic E-state index is 0.541. The smallest absolute Gasteiger partial charge is 0.156 e. The Morgan fingerprint density at radius 2 is 1.04 bits per heavy atom. The van der Waals surface area contributed by atoms with Gasteiger partial charge in [0.25, 0.3) is 0 Å². The highest BCUT2D eigenvalue weighted by Gasteiger charge is 2.51. The molecule has 3 heteroatoms. The van der Waals surface area contributed by atoms with Crippen LogP contribution in [0.25, 0.3) is 43.8 Å². The third kappa shape index (κ3) is 3.64. The number of ether oxygens (including phenoxy) is 1. The van der Waals surface area contributed by atoms with Gasteiger partial charge in [-0.15, -0.1) is 0 Å². The van der Waals surface area contributed by atoms with E-state index in [9.17, 15) is 0 Å². The number of anilines is 3. The summed E-state index contributed by atoms with van der Waals surface area (Å²) >= 11 is 0. The SMILES string of the molecule is c1ccc(N(c2ccc3c(c2)oc2cc4ccccc4cc23)c2cccc3c2Oc2ccccc2C32c3ccccc3-c3ccccc32)cc1. The lowest BCUT2D eigenvalue weighted by molar-refractivity contribution is 0.437. The molecule has 3 nitrogen and oxygen atoms in total. The van der Waals surface area contributed by atoms with Gasteiger partial charge in [-0.2, -0.15) is 0 Å². The first-order valence-electron chi connectivity index (χ1n) is 17.1. The van der Waals surface area contributed by atoms with Gasteiger partial charge in [0.1, 0.15) is 16.9 Å². The van der Waals surface area contributed by atoms with Crippen molar-refractivity contribution in [1.29, 1.82) is 0 Å². The van der Waals surface area contributed by atoms with Crippen LogP contribution in [0, 0.1) is 0 Å². The molecule has 0 saturated heterocycles. The molecule has 0 fully saturated rings. The number of fused-ring (bicyclic) bond motifs is 13. The average molecular weight is 640 g/mol. The van der Waals surface area contributed by atoms with Crippen LogP contribution >= 0.6 is 0 Å². The van der Waals surface area contributed by atoms with Gasteiger partial charge in [0.05, 0.1) is 16.8 Å². The summed E-state index contributed by atoms with van der Waals surface area (Å²) in [5.74, 6) is 1.71. The van der Waals surface area contributed by atoms with E-state index in [1.54, 1.807) is 0 Å². The van der Waals surface area contributed by atoms with E-state index in [2.05, 4.69) is 181 Å². The molecule has 11 rings (SSSR count).